The van der Waals surface area contributed by atoms with E-state index in [-0.39, 0.29) is 29.3 Å². The van der Waals surface area contributed by atoms with Crippen LogP contribution in [0.3, 0.4) is 0 Å². The number of nitriles is 1. The first-order valence-corrected chi connectivity index (χ1v) is 15.8. The van der Waals surface area contributed by atoms with E-state index in [2.05, 4.69) is 81.7 Å². The van der Waals surface area contributed by atoms with E-state index in [4.69, 9.17) is 11.6 Å². The number of benzene rings is 3. The van der Waals surface area contributed by atoms with Crippen LogP contribution in [0.1, 0.15) is 56.3 Å². The molecule has 0 radical (unpaired) electrons. The first-order valence-electron chi connectivity index (χ1n) is 15.4. The van der Waals surface area contributed by atoms with Gasteiger partial charge in [0.1, 0.15) is 6.07 Å². The fourth-order valence-electron chi connectivity index (χ4n) is 6.14. The van der Waals surface area contributed by atoms with E-state index in [1.807, 2.05) is 24.3 Å². The van der Waals surface area contributed by atoms with Crippen molar-refractivity contribution in [3.05, 3.63) is 112 Å². The molecule has 2 aliphatic rings. The Labute approximate surface area is 273 Å². The second-order valence-corrected chi connectivity index (χ2v) is 13.1. The van der Waals surface area contributed by atoms with Gasteiger partial charge < -0.3 is 16.1 Å². The number of halogens is 3. The largest absolute Gasteiger partial charge is 0.379 e. The minimum Gasteiger partial charge on any atom is -0.379 e. The van der Waals surface area contributed by atoms with Crippen LogP contribution in [0, 0.1) is 23.0 Å². The Morgan fingerprint density at radius 2 is 1.85 bits per heavy atom. The summed E-state index contributed by atoms with van der Waals surface area (Å²) in [5.41, 5.74) is 10.9. The Balaban J connectivity index is 1.30. The maximum Gasteiger partial charge on any atom is 0.163 e. The molecule has 3 heterocycles. The van der Waals surface area contributed by atoms with E-state index in [0.29, 0.717) is 33.3 Å². The van der Waals surface area contributed by atoms with Gasteiger partial charge in [0.05, 0.1) is 33.5 Å². The molecule has 0 spiro atoms. The molecular weight excluding hydrogens is 606 g/mol. The van der Waals surface area contributed by atoms with Crippen LogP contribution in [-0.4, -0.2) is 39.6 Å². The highest BCUT2D eigenvalue weighted by molar-refractivity contribution is 6.35. The molecule has 0 bridgehead atoms. The van der Waals surface area contributed by atoms with Gasteiger partial charge in [0.15, 0.2) is 11.6 Å². The van der Waals surface area contributed by atoms with E-state index >= 15 is 0 Å². The number of aromatic nitrogens is 1. The summed E-state index contributed by atoms with van der Waals surface area (Å²) < 4.78 is 28.3. The second kappa shape index (κ2) is 13.1. The average molecular weight is 643 g/mol. The van der Waals surface area contributed by atoms with E-state index in [1.165, 1.54) is 18.3 Å². The van der Waals surface area contributed by atoms with Gasteiger partial charge in [-0.25, -0.2) is 8.78 Å². The highest BCUT2D eigenvalue weighted by atomic mass is 35.5. The fraction of sp³-hybridized carbons (Fsp3) is 0.314. The number of rotatable bonds is 8. The van der Waals surface area contributed by atoms with Gasteiger partial charge in [0, 0.05) is 60.2 Å². The number of piperidine rings is 1. The molecule has 3 aromatic carbocycles. The van der Waals surface area contributed by atoms with Crippen LogP contribution in [0.2, 0.25) is 5.02 Å². The highest BCUT2D eigenvalue weighted by Crippen LogP contribution is 2.36. The third-order valence-corrected chi connectivity index (χ3v) is 8.99. The summed E-state index contributed by atoms with van der Waals surface area (Å²) >= 11 is 6.77. The number of hydrazine groups is 2. The minimum absolute atomic E-state index is 0.0354. The molecule has 0 amide bonds. The van der Waals surface area contributed by atoms with Crippen molar-refractivity contribution in [2.45, 2.75) is 57.8 Å². The number of likely N-dealkylation sites (tertiary alicyclic amines) is 1. The van der Waals surface area contributed by atoms with E-state index < -0.39 is 11.6 Å². The quantitative estimate of drug-likeness (QED) is 0.160. The van der Waals surface area contributed by atoms with Crippen molar-refractivity contribution in [3.8, 4) is 6.07 Å². The molecule has 1 aromatic heterocycles. The van der Waals surface area contributed by atoms with E-state index in [9.17, 15) is 14.0 Å². The number of nitrogens with zero attached hydrogens (tertiary/aromatic N) is 4. The van der Waals surface area contributed by atoms with Gasteiger partial charge in [-0.2, -0.15) is 5.26 Å². The van der Waals surface area contributed by atoms with Gasteiger partial charge in [-0.15, -0.1) is 5.53 Å². The molecule has 1 saturated heterocycles. The molecule has 0 unspecified atom stereocenters. The molecule has 2 aliphatic heterocycles. The van der Waals surface area contributed by atoms with Gasteiger partial charge >= 0.3 is 0 Å². The van der Waals surface area contributed by atoms with Gasteiger partial charge in [0.2, 0.25) is 0 Å². The summed E-state index contributed by atoms with van der Waals surface area (Å²) in [6.07, 6.45) is 5.64. The Morgan fingerprint density at radius 3 is 2.57 bits per heavy atom. The Hall–Kier alpha value is -4.43. The van der Waals surface area contributed by atoms with E-state index in [0.717, 1.165) is 43.3 Å². The summed E-state index contributed by atoms with van der Waals surface area (Å²) in [6.45, 7) is 8.81. The number of pyridine rings is 1. The van der Waals surface area contributed by atoms with Crippen LogP contribution >= 0.6 is 11.6 Å². The summed E-state index contributed by atoms with van der Waals surface area (Å²) in [5, 5.41) is 19.8. The molecule has 6 rings (SSSR count). The van der Waals surface area contributed by atoms with Gasteiger partial charge in [-0.1, -0.05) is 54.1 Å². The highest BCUT2D eigenvalue weighted by Gasteiger charge is 2.32. The van der Waals surface area contributed by atoms with Crippen LogP contribution in [0.25, 0.3) is 10.9 Å². The first-order chi connectivity index (χ1) is 22.1. The maximum absolute atomic E-state index is 14.4. The second-order valence-electron chi connectivity index (χ2n) is 12.7. The number of hydrogen-bond donors (Lipinski definition) is 4. The third kappa shape index (κ3) is 6.58. The third-order valence-electron chi connectivity index (χ3n) is 8.70. The normalized spacial score (nSPS) is 16.5. The van der Waals surface area contributed by atoms with Crippen LogP contribution in [0.5, 0.6) is 0 Å². The van der Waals surface area contributed by atoms with Crippen molar-refractivity contribution in [2.24, 2.45) is 0 Å². The smallest absolute Gasteiger partial charge is 0.163 e. The minimum atomic E-state index is -0.933. The maximum atomic E-state index is 14.4. The molecule has 4 aromatic rings. The molecule has 0 saturated carbocycles. The lowest BCUT2D eigenvalue weighted by Crippen LogP contribution is -2.52. The predicted molar refractivity (Wildman–Crippen MR) is 178 cm³/mol. The molecule has 4 N–H and O–H groups in total. The van der Waals surface area contributed by atoms with Crippen molar-refractivity contribution in [1.82, 2.24) is 25.9 Å². The molecule has 11 heteroatoms. The standard InChI is InChI=1S/C35H37ClF2N8/c1-35(2,3)45-14-12-26(13-15-45)46-21-30(43-44-46)33(22-8-5-4-6-9-22)42-25-16-27-32(24(18-39)20-41-34(27)28(36)17-25)40-19-23-10-7-11-29(37)31(23)38/h4-11,16-17,20-21,26,33,42-44H,12-15,19H2,1-3H3,(H,40,41)/t33-/m0/s1. The molecule has 0 aliphatic carbocycles. The van der Waals surface area contributed by atoms with Crippen LogP contribution in [0.15, 0.2) is 78.8 Å². The summed E-state index contributed by atoms with van der Waals surface area (Å²) in [6, 6.07) is 20.0. The van der Waals surface area contributed by atoms with Gasteiger partial charge in [-0.3, -0.25) is 14.9 Å². The molecular formula is C35H37ClF2N8. The molecule has 46 heavy (non-hydrogen) atoms. The monoisotopic (exact) mass is 642 g/mol. The summed E-state index contributed by atoms with van der Waals surface area (Å²) in [7, 11) is 0. The van der Waals surface area contributed by atoms with Crippen molar-refractivity contribution in [2.75, 3.05) is 23.7 Å². The Bertz CT molecular complexity index is 1790. The number of hydrogen-bond acceptors (Lipinski definition) is 8. The Morgan fingerprint density at radius 1 is 1.09 bits per heavy atom. The molecule has 1 fully saturated rings. The number of fused-ring (bicyclic) bond motifs is 1. The zero-order valence-corrected chi connectivity index (χ0v) is 26.8. The summed E-state index contributed by atoms with van der Waals surface area (Å²) in [5.74, 6) is -1.86. The first kappa shape index (κ1) is 31.5. The molecule has 1 atom stereocenters. The van der Waals surface area contributed by atoms with Crippen molar-refractivity contribution in [3.63, 3.8) is 0 Å². The lowest BCUT2D eigenvalue weighted by molar-refractivity contribution is 0.0570. The van der Waals surface area contributed by atoms with E-state index in [1.54, 1.807) is 6.07 Å². The zero-order valence-electron chi connectivity index (χ0n) is 26.0. The Kier molecular flexibility index (Phi) is 9.00. The van der Waals surface area contributed by atoms with Gasteiger partial charge in [0.25, 0.3) is 0 Å². The number of anilines is 2. The average Bonchev–Trinajstić information content (AvgIpc) is 3.54. The predicted octanol–water partition coefficient (Wildman–Crippen LogP) is 7.23. The van der Waals surface area contributed by atoms with Crippen molar-refractivity contribution >= 4 is 33.9 Å². The topological polar surface area (TPSA) is 91.3 Å². The lowest BCUT2D eigenvalue weighted by atomic mass is 9.98. The van der Waals surface area contributed by atoms with Crippen LogP contribution in [0.4, 0.5) is 20.2 Å². The lowest BCUT2D eigenvalue weighted by Gasteiger charge is -2.42. The van der Waals surface area contributed by atoms with Crippen LogP contribution < -0.4 is 21.6 Å². The van der Waals surface area contributed by atoms with Crippen LogP contribution in [-0.2, 0) is 6.54 Å². The van der Waals surface area contributed by atoms with Gasteiger partial charge in [-0.05, 0) is 57.4 Å². The zero-order chi connectivity index (χ0) is 32.4. The van der Waals surface area contributed by atoms with Crippen molar-refractivity contribution in [1.29, 1.82) is 5.26 Å². The molecule has 238 valence electrons. The number of nitrogens with one attached hydrogen (secondary N) is 4. The van der Waals surface area contributed by atoms with Crippen molar-refractivity contribution < 1.29 is 8.78 Å². The molecule has 8 nitrogen and oxygen atoms in total. The fourth-order valence-corrected chi connectivity index (χ4v) is 6.41. The SMILES string of the molecule is CC(C)(C)N1CCC(N2C=C([C@@H](Nc3cc(Cl)c4ncc(C#N)c(NCc5cccc(F)c5F)c4c3)c3ccccc3)NN2)CC1. The summed E-state index contributed by atoms with van der Waals surface area (Å²) in [4.78, 5) is 6.96.